The molecule has 1 aromatic carbocycles. The lowest BCUT2D eigenvalue weighted by molar-refractivity contribution is 0.0513. The summed E-state index contributed by atoms with van der Waals surface area (Å²) in [4.78, 5) is 5.04. The van der Waals surface area contributed by atoms with Crippen molar-refractivity contribution in [1.29, 1.82) is 0 Å². The van der Waals surface area contributed by atoms with Crippen molar-refractivity contribution in [2.24, 2.45) is 10.4 Å². The van der Waals surface area contributed by atoms with Crippen molar-refractivity contribution in [1.82, 2.24) is 10.6 Å². The number of hydrogen-bond acceptors (Lipinski definition) is 3. The van der Waals surface area contributed by atoms with E-state index < -0.39 is 0 Å². The average Bonchev–Trinajstić information content (AvgIpc) is 3.25. The summed E-state index contributed by atoms with van der Waals surface area (Å²) in [6, 6.07) is 10.9. The molecule has 3 rings (SSSR count). The minimum Gasteiger partial charge on any atom is -0.385 e. The Morgan fingerprint density at radius 2 is 1.77 bits per heavy atom. The summed E-state index contributed by atoms with van der Waals surface area (Å²) in [6.07, 6.45) is 8.37. The molecule has 1 saturated carbocycles. The Labute approximate surface area is 199 Å². The molecular formula is C24H40IN3O2. The van der Waals surface area contributed by atoms with Crippen LogP contribution in [-0.2, 0) is 14.9 Å². The monoisotopic (exact) mass is 529 g/mol. The molecule has 2 N–H and O–H groups in total. The van der Waals surface area contributed by atoms with Crippen LogP contribution in [0.3, 0.4) is 0 Å². The highest BCUT2D eigenvalue weighted by Gasteiger charge is 2.35. The molecule has 1 heterocycles. The number of hydrogen-bond donors (Lipinski definition) is 2. The van der Waals surface area contributed by atoms with E-state index in [4.69, 9.17) is 14.5 Å². The topological polar surface area (TPSA) is 54.9 Å². The van der Waals surface area contributed by atoms with E-state index in [1.54, 1.807) is 7.11 Å². The molecule has 1 aliphatic heterocycles. The fourth-order valence-electron chi connectivity index (χ4n) is 4.89. The van der Waals surface area contributed by atoms with Crippen molar-refractivity contribution < 1.29 is 9.47 Å². The highest BCUT2D eigenvalue weighted by Crippen LogP contribution is 2.41. The standard InChI is InChI=1S/C24H39N3O2.HI/c1-3-25-22(26-19-23(13-16-28-2)11-7-8-12-23)27-20-24(14-17-29-18-15-24)21-9-5-4-6-10-21;/h4-6,9-10H,3,7-8,11-20H2,1-2H3,(H2,25,26,27);1H. The molecule has 6 heteroatoms. The van der Waals surface area contributed by atoms with E-state index in [-0.39, 0.29) is 29.4 Å². The largest absolute Gasteiger partial charge is 0.385 e. The molecule has 0 spiro atoms. The molecule has 0 aromatic heterocycles. The lowest BCUT2D eigenvalue weighted by atomic mass is 9.74. The first-order valence-corrected chi connectivity index (χ1v) is 11.4. The molecule has 30 heavy (non-hydrogen) atoms. The number of aliphatic imine (C=N–C) groups is 1. The second-order valence-corrected chi connectivity index (χ2v) is 8.76. The molecule has 2 fully saturated rings. The van der Waals surface area contributed by atoms with E-state index >= 15 is 0 Å². The van der Waals surface area contributed by atoms with E-state index in [1.165, 1.54) is 31.2 Å². The zero-order valence-electron chi connectivity index (χ0n) is 18.8. The maximum absolute atomic E-state index is 5.68. The van der Waals surface area contributed by atoms with Crippen LogP contribution < -0.4 is 10.6 Å². The minimum atomic E-state index is 0. The highest BCUT2D eigenvalue weighted by atomic mass is 127. The summed E-state index contributed by atoms with van der Waals surface area (Å²) >= 11 is 0. The highest BCUT2D eigenvalue weighted by molar-refractivity contribution is 14.0. The summed E-state index contributed by atoms with van der Waals surface area (Å²) in [6.45, 7) is 7.25. The molecule has 0 bridgehead atoms. The van der Waals surface area contributed by atoms with Gasteiger partial charge in [-0.1, -0.05) is 43.2 Å². The average molecular weight is 530 g/mol. The summed E-state index contributed by atoms with van der Waals surface area (Å²) in [7, 11) is 1.80. The molecule has 0 atom stereocenters. The summed E-state index contributed by atoms with van der Waals surface area (Å²) in [5.74, 6) is 0.943. The van der Waals surface area contributed by atoms with Gasteiger partial charge in [-0.25, -0.2) is 0 Å². The van der Waals surface area contributed by atoms with Crippen LogP contribution in [0.4, 0.5) is 0 Å². The van der Waals surface area contributed by atoms with E-state index in [9.17, 15) is 0 Å². The van der Waals surface area contributed by atoms with Gasteiger partial charge in [-0.15, -0.1) is 24.0 Å². The molecule has 2 aliphatic rings. The third kappa shape index (κ3) is 6.82. The smallest absolute Gasteiger partial charge is 0.191 e. The maximum Gasteiger partial charge on any atom is 0.191 e. The van der Waals surface area contributed by atoms with Gasteiger partial charge in [-0.2, -0.15) is 0 Å². The number of benzene rings is 1. The van der Waals surface area contributed by atoms with Crippen molar-refractivity contribution in [3.8, 4) is 0 Å². The van der Waals surface area contributed by atoms with Crippen molar-refractivity contribution in [2.45, 2.75) is 57.3 Å². The van der Waals surface area contributed by atoms with Gasteiger partial charge < -0.3 is 20.1 Å². The van der Waals surface area contributed by atoms with E-state index in [2.05, 4.69) is 47.9 Å². The molecule has 170 valence electrons. The number of nitrogens with zero attached hydrogens (tertiary/aromatic N) is 1. The maximum atomic E-state index is 5.68. The van der Waals surface area contributed by atoms with Gasteiger partial charge in [0.05, 0.1) is 0 Å². The van der Waals surface area contributed by atoms with Gasteiger partial charge in [-0.3, -0.25) is 4.99 Å². The first kappa shape index (κ1) is 25.4. The van der Waals surface area contributed by atoms with Gasteiger partial charge in [0.2, 0.25) is 0 Å². The molecule has 0 unspecified atom stereocenters. The molecule has 1 saturated heterocycles. The van der Waals surface area contributed by atoms with Crippen LogP contribution in [0.1, 0.15) is 57.4 Å². The Morgan fingerprint density at radius 1 is 1.07 bits per heavy atom. The van der Waals surface area contributed by atoms with Crippen LogP contribution in [0.25, 0.3) is 0 Å². The molecule has 0 radical (unpaired) electrons. The van der Waals surface area contributed by atoms with Crippen LogP contribution in [0.15, 0.2) is 35.3 Å². The Kier molecular flexibility index (Phi) is 10.9. The van der Waals surface area contributed by atoms with Gasteiger partial charge >= 0.3 is 0 Å². The Hall–Kier alpha value is -0.860. The van der Waals surface area contributed by atoms with Crippen LogP contribution in [0.2, 0.25) is 0 Å². The number of methoxy groups -OCH3 is 1. The zero-order chi connectivity index (χ0) is 20.4. The predicted octanol–water partition coefficient (Wildman–Crippen LogP) is 4.50. The Morgan fingerprint density at radius 3 is 2.40 bits per heavy atom. The normalized spacial score (nSPS) is 20.4. The summed E-state index contributed by atoms with van der Waals surface area (Å²) in [5.41, 5.74) is 1.82. The van der Waals surface area contributed by atoms with Crippen LogP contribution >= 0.6 is 24.0 Å². The lowest BCUT2D eigenvalue weighted by Crippen LogP contribution is -2.48. The fraction of sp³-hybridized carbons (Fsp3) is 0.708. The van der Waals surface area contributed by atoms with Crippen molar-refractivity contribution in [3.63, 3.8) is 0 Å². The Bertz CT molecular complexity index is 627. The van der Waals surface area contributed by atoms with Gasteiger partial charge in [0, 0.05) is 52.0 Å². The number of guanidine groups is 1. The van der Waals surface area contributed by atoms with Gasteiger partial charge in [-0.05, 0) is 50.0 Å². The van der Waals surface area contributed by atoms with Gasteiger partial charge in [0.15, 0.2) is 5.96 Å². The number of halogens is 1. The lowest BCUT2D eigenvalue weighted by Gasteiger charge is -2.38. The van der Waals surface area contributed by atoms with Crippen molar-refractivity contribution >= 4 is 29.9 Å². The summed E-state index contributed by atoms with van der Waals surface area (Å²) < 4.78 is 11.1. The second kappa shape index (κ2) is 12.9. The van der Waals surface area contributed by atoms with Crippen molar-refractivity contribution in [3.05, 3.63) is 35.9 Å². The SMILES string of the molecule is CCNC(=NCC1(CCOC)CCCC1)NCC1(c2ccccc2)CCOCC1.I. The van der Waals surface area contributed by atoms with E-state index in [0.717, 1.165) is 64.7 Å². The molecule has 5 nitrogen and oxygen atoms in total. The van der Waals surface area contributed by atoms with E-state index in [1.807, 2.05) is 0 Å². The third-order valence-corrected chi connectivity index (χ3v) is 6.85. The number of ether oxygens (including phenoxy) is 2. The Balaban J connectivity index is 0.00000320. The van der Waals surface area contributed by atoms with Crippen LogP contribution in [-0.4, -0.2) is 52.5 Å². The predicted molar refractivity (Wildman–Crippen MR) is 135 cm³/mol. The van der Waals surface area contributed by atoms with Crippen LogP contribution in [0, 0.1) is 5.41 Å². The quantitative estimate of drug-likeness (QED) is 0.281. The first-order chi connectivity index (χ1) is 14.2. The van der Waals surface area contributed by atoms with Gasteiger partial charge in [0.25, 0.3) is 0 Å². The summed E-state index contributed by atoms with van der Waals surface area (Å²) in [5, 5.41) is 7.14. The number of nitrogens with one attached hydrogen (secondary N) is 2. The molecular weight excluding hydrogens is 489 g/mol. The van der Waals surface area contributed by atoms with Gasteiger partial charge in [0.1, 0.15) is 0 Å². The van der Waals surface area contributed by atoms with Crippen molar-refractivity contribution in [2.75, 3.05) is 46.6 Å². The fourth-order valence-corrected chi connectivity index (χ4v) is 4.89. The number of rotatable bonds is 9. The molecule has 1 aliphatic carbocycles. The van der Waals surface area contributed by atoms with E-state index in [0.29, 0.717) is 5.41 Å². The minimum absolute atomic E-state index is 0. The molecule has 0 amide bonds. The van der Waals surface area contributed by atoms with Crippen LogP contribution in [0.5, 0.6) is 0 Å². The second-order valence-electron chi connectivity index (χ2n) is 8.76. The molecule has 1 aromatic rings. The third-order valence-electron chi connectivity index (χ3n) is 6.85. The zero-order valence-corrected chi connectivity index (χ0v) is 21.1. The first-order valence-electron chi connectivity index (χ1n) is 11.4.